The maximum atomic E-state index is 9.88. The Bertz CT molecular complexity index is 327. The molecule has 3 nitrogen and oxygen atoms in total. The Morgan fingerprint density at radius 1 is 1.47 bits per heavy atom. The molecule has 1 fully saturated rings. The molecule has 0 aromatic heterocycles. The van der Waals surface area contributed by atoms with E-state index in [9.17, 15) is 5.11 Å². The fourth-order valence-corrected chi connectivity index (χ4v) is 2.10. The van der Waals surface area contributed by atoms with E-state index in [0.29, 0.717) is 6.54 Å². The van der Waals surface area contributed by atoms with E-state index < -0.39 is 0 Å². The average molecular weight is 207 g/mol. The molecule has 0 saturated carbocycles. The molecule has 0 amide bonds. The number of benzene rings is 1. The van der Waals surface area contributed by atoms with Gasteiger partial charge in [0, 0.05) is 12.5 Å². The minimum absolute atomic E-state index is 0.237. The number of aliphatic hydroxyl groups excluding tert-OH is 1. The molecule has 2 rings (SSSR count). The number of hydrogen-bond acceptors (Lipinski definition) is 3. The van der Waals surface area contributed by atoms with Gasteiger partial charge in [-0.25, -0.2) is 0 Å². The average Bonchev–Trinajstić information content (AvgIpc) is 2.30. The predicted molar refractivity (Wildman–Crippen MR) is 59.2 cm³/mol. The monoisotopic (exact) mass is 207 g/mol. The number of hydrogen-bond donors (Lipinski definition) is 2. The van der Waals surface area contributed by atoms with Crippen molar-refractivity contribution in [1.29, 1.82) is 0 Å². The molecule has 1 aromatic carbocycles. The van der Waals surface area contributed by atoms with Crippen LogP contribution < -0.4 is 10.1 Å². The number of rotatable bonds is 2. The van der Waals surface area contributed by atoms with Crippen LogP contribution in [0.5, 0.6) is 5.75 Å². The Morgan fingerprint density at radius 3 is 3.07 bits per heavy atom. The third-order valence-corrected chi connectivity index (χ3v) is 2.97. The summed E-state index contributed by atoms with van der Waals surface area (Å²) in [5.41, 5.74) is 1.17. The van der Waals surface area contributed by atoms with Gasteiger partial charge in [0.05, 0.1) is 13.2 Å². The lowest BCUT2D eigenvalue weighted by Gasteiger charge is -2.28. The van der Waals surface area contributed by atoms with Crippen molar-refractivity contribution in [3.8, 4) is 5.75 Å². The summed E-state index contributed by atoms with van der Waals surface area (Å²) in [6, 6.07) is 7.97. The van der Waals surface area contributed by atoms with Crippen molar-refractivity contribution in [2.24, 2.45) is 0 Å². The van der Waals surface area contributed by atoms with Gasteiger partial charge in [0.25, 0.3) is 0 Å². The van der Waals surface area contributed by atoms with Gasteiger partial charge >= 0.3 is 0 Å². The second-order valence-corrected chi connectivity index (χ2v) is 3.94. The van der Waals surface area contributed by atoms with Crippen molar-refractivity contribution in [3.63, 3.8) is 0 Å². The lowest BCUT2D eigenvalue weighted by atomic mass is 9.88. The van der Waals surface area contributed by atoms with Gasteiger partial charge in [-0.3, -0.25) is 0 Å². The maximum Gasteiger partial charge on any atom is 0.119 e. The minimum atomic E-state index is -0.286. The third-order valence-electron chi connectivity index (χ3n) is 2.97. The smallest absolute Gasteiger partial charge is 0.119 e. The van der Waals surface area contributed by atoms with Crippen molar-refractivity contribution >= 4 is 0 Å². The summed E-state index contributed by atoms with van der Waals surface area (Å²) in [4.78, 5) is 0. The normalized spacial score (nSPS) is 26.3. The SMILES string of the molecule is COc1cccc(C2CCNCC2O)c1. The molecule has 0 radical (unpaired) electrons. The van der Waals surface area contributed by atoms with Crippen molar-refractivity contribution in [1.82, 2.24) is 5.32 Å². The summed E-state index contributed by atoms with van der Waals surface area (Å²) in [6.45, 7) is 1.65. The zero-order chi connectivity index (χ0) is 10.7. The van der Waals surface area contributed by atoms with Crippen LogP contribution in [0.15, 0.2) is 24.3 Å². The molecule has 1 saturated heterocycles. The van der Waals surface area contributed by atoms with E-state index in [0.717, 1.165) is 18.7 Å². The molecular formula is C12H17NO2. The number of methoxy groups -OCH3 is 1. The van der Waals surface area contributed by atoms with Gasteiger partial charge < -0.3 is 15.2 Å². The van der Waals surface area contributed by atoms with Crippen molar-refractivity contribution in [2.45, 2.75) is 18.4 Å². The molecule has 2 unspecified atom stereocenters. The summed E-state index contributed by atoms with van der Waals surface area (Å²) in [7, 11) is 1.66. The Hall–Kier alpha value is -1.06. The Labute approximate surface area is 90.1 Å². The van der Waals surface area contributed by atoms with E-state index in [4.69, 9.17) is 4.74 Å². The zero-order valence-corrected chi connectivity index (χ0v) is 8.94. The van der Waals surface area contributed by atoms with Crippen LogP contribution in [0.1, 0.15) is 17.9 Å². The van der Waals surface area contributed by atoms with Gasteiger partial charge in [0.15, 0.2) is 0 Å². The van der Waals surface area contributed by atoms with Crippen LogP contribution in [0.4, 0.5) is 0 Å². The van der Waals surface area contributed by atoms with Crippen LogP contribution >= 0.6 is 0 Å². The first-order chi connectivity index (χ1) is 7.31. The molecule has 3 heteroatoms. The standard InChI is InChI=1S/C12H17NO2/c1-15-10-4-2-3-9(7-10)11-5-6-13-8-12(11)14/h2-4,7,11-14H,5-6,8H2,1H3. The van der Waals surface area contributed by atoms with Crippen LogP contribution in [0.25, 0.3) is 0 Å². The Morgan fingerprint density at radius 2 is 2.33 bits per heavy atom. The molecule has 0 spiro atoms. The van der Waals surface area contributed by atoms with Crippen LogP contribution in [-0.4, -0.2) is 31.4 Å². The van der Waals surface area contributed by atoms with Gasteiger partial charge in [0.1, 0.15) is 5.75 Å². The van der Waals surface area contributed by atoms with Gasteiger partial charge in [-0.2, -0.15) is 0 Å². The van der Waals surface area contributed by atoms with Gasteiger partial charge in [0.2, 0.25) is 0 Å². The minimum Gasteiger partial charge on any atom is -0.497 e. The first kappa shape index (κ1) is 10.5. The van der Waals surface area contributed by atoms with Gasteiger partial charge in [-0.1, -0.05) is 12.1 Å². The molecule has 15 heavy (non-hydrogen) atoms. The van der Waals surface area contributed by atoms with Crippen molar-refractivity contribution in [3.05, 3.63) is 29.8 Å². The number of nitrogens with one attached hydrogen (secondary N) is 1. The van der Waals surface area contributed by atoms with E-state index in [1.165, 1.54) is 5.56 Å². The lowest BCUT2D eigenvalue weighted by Crippen LogP contribution is -2.39. The Balaban J connectivity index is 2.19. The molecule has 2 N–H and O–H groups in total. The highest BCUT2D eigenvalue weighted by Crippen LogP contribution is 2.27. The molecule has 0 bridgehead atoms. The van der Waals surface area contributed by atoms with Gasteiger partial charge in [-0.15, -0.1) is 0 Å². The molecule has 1 aliphatic rings. The number of aliphatic hydroxyl groups is 1. The quantitative estimate of drug-likeness (QED) is 0.764. The number of piperidine rings is 1. The molecule has 2 atom stereocenters. The molecule has 82 valence electrons. The molecule has 0 aliphatic carbocycles. The van der Waals surface area contributed by atoms with E-state index in [2.05, 4.69) is 11.4 Å². The van der Waals surface area contributed by atoms with Crippen LogP contribution in [0.3, 0.4) is 0 Å². The molecule has 1 aliphatic heterocycles. The highest BCUT2D eigenvalue weighted by Gasteiger charge is 2.24. The molecule has 1 aromatic rings. The summed E-state index contributed by atoms with van der Waals surface area (Å²) < 4.78 is 5.18. The zero-order valence-electron chi connectivity index (χ0n) is 8.94. The van der Waals surface area contributed by atoms with Crippen molar-refractivity contribution < 1.29 is 9.84 Å². The van der Waals surface area contributed by atoms with Crippen LogP contribution in [0, 0.1) is 0 Å². The summed E-state index contributed by atoms with van der Waals surface area (Å²) in [6.07, 6.45) is 0.694. The van der Waals surface area contributed by atoms with E-state index in [1.807, 2.05) is 18.2 Å². The maximum absolute atomic E-state index is 9.88. The largest absolute Gasteiger partial charge is 0.497 e. The first-order valence-corrected chi connectivity index (χ1v) is 5.34. The second kappa shape index (κ2) is 4.64. The topological polar surface area (TPSA) is 41.5 Å². The van der Waals surface area contributed by atoms with Crippen molar-refractivity contribution in [2.75, 3.05) is 20.2 Å². The fraction of sp³-hybridized carbons (Fsp3) is 0.500. The predicted octanol–water partition coefficient (Wildman–Crippen LogP) is 1.13. The molecule has 1 heterocycles. The fourth-order valence-electron chi connectivity index (χ4n) is 2.10. The van der Waals surface area contributed by atoms with Crippen LogP contribution in [0.2, 0.25) is 0 Å². The number of ether oxygens (including phenoxy) is 1. The van der Waals surface area contributed by atoms with Crippen LogP contribution in [-0.2, 0) is 0 Å². The highest BCUT2D eigenvalue weighted by molar-refractivity contribution is 5.31. The lowest BCUT2D eigenvalue weighted by molar-refractivity contribution is 0.118. The first-order valence-electron chi connectivity index (χ1n) is 5.34. The Kier molecular flexibility index (Phi) is 3.23. The highest BCUT2D eigenvalue weighted by atomic mass is 16.5. The number of β-amino-alcohol motifs (C(OH)–C–C–N with tert-alkyl or cyclic N) is 1. The van der Waals surface area contributed by atoms with E-state index in [1.54, 1.807) is 7.11 Å². The second-order valence-electron chi connectivity index (χ2n) is 3.94. The van der Waals surface area contributed by atoms with E-state index in [-0.39, 0.29) is 12.0 Å². The van der Waals surface area contributed by atoms with Gasteiger partial charge in [-0.05, 0) is 30.7 Å². The van der Waals surface area contributed by atoms with E-state index >= 15 is 0 Å². The third kappa shape index (κ3) is 2.30. The summed E-state index contributed by atoms with van der Waals surface area (Å²) >= 11 is 0. The summed E-state index contributed by atoms with van der Waals surface area (Å²) in [5.74, 6) is 1.10. The summed E-state index contributed by atoms with van der Waals surface area (Å²) in [5, 5.41) is 13.1. The molecular weight excluding hydrogens is 190 g/mol.